The largest absolute Gasteiger partial charge is 0.460 e. The molecule has 0 N–H and O–H groups in total. The molecule has 0 spiro atoms. The molecule has 3 atom stereocenters. The van der Waals surface area contributed by atoms with E-state index in [0.717, 1.165) is 17.0 Å². The second-order valence-corrected chi connectivity index (χ2v) is 9.08. The van der Waals surface area contributed by atoms with Crippen molar-refractivity contribution in [3.8, 4) is 0 Å². The van der Waals surface area contributed by atoms with Crippen LogP contribution in [0.3, 0.4) is 0 Å². The van der Waals surface area contributed by atoms with Crippen molar-refractivity contribution in [1.82, 2.24) is 0 Å². The highest BCUT2D eigenvalue weighted by molar-refractivity contribution is 5.90. The van der Waals surface area contributed by atoms with E-state index in [-0.39, 0.29) is 48.2 Å². The highest BCUT2D eigenvalue weighted by Crippen LogP contribution is 2.54. The number of esters is 1. The number of benzene rings is 1. The molecule has 0 aromatic heterocycles. The lowest BCUT2D eigenvalue weighted by Gasteiger charge is -2.25. The topological polar surface area (TPSA) is 108 Å². The molecule has 2 aliphatic heterocycles. The summed E-state index contributed by atoms with van der Waals surface area (Å²) in [5.41, 5.74) is 7.67. The summed E-state index contributed by atoms with van der Waals surface area (Å²) in [4.78, 5) is 29.6. The Labute approximate surface area is 177 Å². The molecule has 9 nitrogen and oxygen atoms in total. The van der Waals surface area contributed by atoms with E-state index in [0.29, 0.717) is 13.1 Å². The van der Waals surface area contributed by atoms with Crippen molar-refractivity contribution in [3.63, 3.8) is 0 Å². The van der Waals surface area contributed by atoms with Gasteiger partial charge in [-0.1, -0.05) is 5.11 Å². The fourth-order valence-electron chi connectivity index (χ4n) is 4.39. The Morgan fingerprint density at radius 1 is 1.26 bits per heavy atom. The maximum atomic E-state index is 14.8. The molecule has 3 fully saturated rings. The van der Waals surface area contributed by atoms with Crippen molar-refractivity contribution in [2.75, 3.05) is 36.0 Å². The van der Waals surface area contributed by atoms with E-state index in [1.807, 2.05) is 0 Å². The fourth-order valence-corrected chi connectivity index (χ4v) is 4.39. The van der Waals surface area contributed by atoms with Gasteiger partial charge >= 0.3 is 12.1 Å². The number of rotatable bonds is 5. The number of carbonyl (C=O) groups excluding carboxylic acids is 2. The van der Waals surface area contributed by atoms with Gasteiger partial charge in [-0.25, -0.2) is 13.6 Å². The van der Waals surface area contributed by atoms with Crippen LogP contribution in [-0.4, -0.2) is 49.9 Å². The molecule has 4 rings (SSSR count). The minimum Gasteiger partial charge on any atom is -0.460 e. The summed E-state index contributed by atoms with van der Waals surface area (Å²) in [5, 5.41) is 3.36. The number of fused-ring (bicyclic) bond motifs is 1. The molecular weight excluding hydrogens is 412 g/mol. The number of amides is 1. The number of ether oxygens (including phenoxy) is 2. The van der Waals surface area contributed by atoms with E-state index in [2.05, 4.69) is 10.0 Å². The summed E-state index contributed by atoms with van der Waals surface area (Å²) >= 11 is 0. The monoisotopic (exact) mass is 435 g/mol. The molecule has 166 valence electrons. The van der Waals surface area contributed by atoms with Crippen LogP contribution in [0.15, 0.2) is 17.2 Å². The van der Waals surface area contributed by atoms with Gasteiger partial charge in [0.25, 0.3) is 0 Å². The molecule has 3 unspecified atom stereocenters. The Hall–Kier alpha value is -3.07. The van der Waals surface area contributed by atoms with Gasteiger partial charge < -0.3 is 14.4 Å². The minimum atomic E-state index is -0.795. The summed E-state index contributed by atoms with van der Waals surface area (Å²) in [6.45, 7) is 6.10. The molecule has 1 aliphatic carbocycles. The number of hydrogen-bond donors (Lipinski definition) is 0. The van der Waals surface area contributed by atoms with Crippen molar-refractivity contribution in [1.29, 1.82) is 0 Å². The van der Waals surface area contributed by atoms with Gasteiger partial charge in [0.1, 0.15) is 17.4 Å². The van der Waals surface area contributed by atoms with Gasteiger partial charge in [0.15, 0.2) is 11.6 Å². The summed E-state index contributed by atoms with van der Waals surface area (Å²) in [6, 6.07) is 2.18. The molecule has 11 heteroatoms. The molecule has 1 aromatic rings. The van der Waals surface area contributed by atoms with E-state index in [4.69, 9.17) is 15.0 Å². The summed E-state index contributed by atoms with van der Waals surface area (Å²) in [6.07, 6.45) is -1.43. The lowest BCUT2D eigenvalue weighted by atomic mass is 10.1. The molecule has 3 aliphatic rings. The molecule has 1 saturated carbocycles. The third kappa shape index (κ3) is 4.10. The molecular formula is C20H23F2N5O4. The number of carbonyl (C=O) groups is 2. The van der Waals surface area contributed by atoms with Gasteiger partial charge in [0.2, 0.25) is 0 Å². The standard InChI is InChI=1S/C20H23F2N5O4/c1-20(2,3)31-18(28)16-12-8-26(9-13(12)16)17-14(21)4-10(5-15(17)22)27-7-11(6-24-25-23)30-19(27)29/h4-5,11-13,16H,6-9H2,1-3H3. The van der Waals surface area contributed by atoms with Crippen LogP contribution in [0, 0.1) is 29.4 Å². The van der Waals surface area contributed by atoms with Gasteiger partial charge in [-0.2, -0.15) is 0 Å². The number of azide groups is 1. The van der Waals surface area contributed by atoms with Crippen molar-refractivity contribution in [2.24, 2.45) is 22.9 Å². The zero-order valence-electron chi connectivity index (χ0n) is 17.4. The summed E-state index contributed by atoms with van der Waals surface area (Å²) in [5.74, 6) is -2.05. The van der Waals surface area contributed by atoms with Crippen LogP contribution in [0.4, 0.5) is 25.0 Å². The molecule has 2 heterocycles. The number of anilines is 2. The summed E-state index contributed by atoms with van der Waals surface area (Å²) in [7, 11) is 0. The molecule has 1 aromatic carbocycles. The lowest BCUT2D eigenvalue weighted by Crippen LogP contribution is -2.31. The van der Waals surface area contributed by atoms with Gasteiger partial charge in [0, 0.05) is 30.1 Å². The van der Waals surface area contributed by atoms with Crippen molar-refractivity contribution < 1.29 is 27.8 Å². The number of halogens is 2. The first kappa shape index (κ1) is 21.2. The van der Waals surface area contributed by atoms with Crippen LogP contribution in [-0.2, 0) is 14.3 Å². The van der Waals surface area contributed by atoms with Crippen LogP contribution in [0.2, 0.25) is 0 Å². The van der Waals surface area contributed by atoms with Crippen molar-refractivity contribution in [2.45, 2.75) is 32.5 Å². The maximum absolute atomic E-state index is 14.8. The Balaban J connectivity index is 1.44. The van der Waals surface area contributed by atoms with Crippen molar-refractivity contribution >= 4 is 23.4 Å². The predicted octanol–water partition coefficient (Wildman–Crippen LogP) is 3.62. The first-order valence-corrected chi connectivity index (χ1v) is 10.0. The number of cyclic esters (lactones) is 1. The third-order valence-electron chi connectivity index (χ3n) is 5.73. The molecule has 0 bridgehead atoms. The van der Waals surface area contributed by atoms with E-state index in [1.165, 1.54) is 0 Å². The van der Waals surface area contributed by atoms with Crippen LogP contribution in [0.25, 0.3) is 10.4 Å². The highest BCUT2D eigenvalue weighted by atomic mass is 19.1. The summed E-state index contributed by atoms with van der Waals surface area (Å²) < 4.78 is 40.2. The average Bonchev–Trinajstić information content (AvgIpc) is 2.97. The number of hydrogen-bond acceptors (Lipinski definition) is 6. The van der Waals surface area contributed by atoms with E-state index < -0.39 is 29.4 Å². The first-order chi connectivity index (χ1) is 14.6. The number of piperidine rings is 1. The molecule has 1 amide bonds. The highest BCUT2D eigenvalue weighted by Gasteiger charge is 2.61. The van der Waals surface area contributed by atoms with E-state index >= 15 is 0 Å². The van der Waals surface area contributed by atoms with E-state index in [1.54, 1.807) is 25.7 Å². The van der Waals surface area contributed by atoms with Crippen LogP contribution in [0.5, 0.6) is 0 Å². The fraction of sp³-hybridized carbons (Fsp3) is 0.600. The second-order valence-electron chi connectivity index (χ2n) is 9.08. The second kappa shape index (κ2) is 7.56. The Kier molecular flexibility index (Phi) is 5.17. The number of nitrogens with zero attached hydrogens (tertiary/aromatic N) is 5. The van der Waals surface area contributed by atoms with Gasteiger partial charge in [0.05, 0.1) is 24.7 Å². The average molecular weight is 435 g/mol. The van der Waals surface area contributed by atoms with Crippen LogP contribution < -0.4 is 9.80 Å². The van der Waals surface area contributed by atoms with E-state index in [9.17, 15) is 18.4 Å². The minimum absolute atomic E-state index is 0.0170. The quantitative estimate of drug-likeness (QED) is 0.304. The third-order valence-corrected chi connectivity index (χ3v) is 5.73. The molecule has 2 saturated heterocycles. The smallest absolute Gasteiger partial charge is 0.414 e. The SMILES string of the molecule is CC(C)(C)OC(=O)C1C2CN(c3c(F)cc(N4CC(CN=[N+]=[N-])OC4=O)cc3F)CC21. The lowest BCUT2D eigenvalue weighted by molar-refractivity contribution is -0.157. The van der Waals surface area contributed by atoms with Gasteiger partial charge in [-0.15, -0.1) is 0 Å². The first-order valence-electron chi connectivity index (χ1n) is 10.0. The zero-order chi connectivity index (χ0) is 22.5. The molecule has 0 radical (unpaired) electrons. The Morgan fingerprint density at radius 3 is 2.42 bits per heavy atom. The normalized spacial score (nSPS) is 26.9. The van der Waals surface area contributed by atoms with Gasteiger partial charge in [-0.05, 0) is 38.1 Å². The Morgan fingerprint density at radius 2 is 1.87 bits per heavy atom. The van der Waals surface area contributed by atoms with Crippen molar-refractivity contribution in [3.05, 3.63) is 34.2 Å². The molecule has 31 heavy (non-hydrogen) atoms. The zero-order valence-corrected chi connectivity index (χ0v) is 17.4. The predicted molar refractivity (Wildman–Crippen MR) is 107 cm³/mol. The van der Waals surface area contributed by atoms with Crippen LogP contribution in [0.1, 0.15) is 20.8 Å². The van der Waals surface area contributed by atoms with Crippen LogP contribution >= 0.6 is 0 Å². The van der Waals surface area contributed by atoms with Gasteiger partial charge in [-0.3, -0.25) is 9.69 Å². The Bertz CT molecular complexity index is 940. The maximum Gasteiger partial charge on any atom is 0.414 e.